The van der Waals surface area contributed by atoms with Gasteiger partial charge in [0.05, 0.1) is 6.42 Å². The number of carbonyl (C=O) groups excluding carboxylic acids is 1. The molecule has 1 aromatic rings. The van der Waals surface area contributed by atoms with E-state index >= 15 is 0 Å². The van der Waals surface area contributed by atoms with Gasteiger partial charge in [0.1, 0.15) is 0 Å². The highest BCUT2D eigenvalue weighted by molar-refractivity contribution is 6.30. The molecule has 1 N–H and O–H groups in total. The van der Waals surface area contributed by atoms with Gasteiger partial charge in [-0.05, 0) is 42.9 Å². The van der Waals surface area contributed by atoms with Crippen molar-refractivity contribution in [1.29, 1.82) is 0 Å². The van der Waals surface area contributed by atoms with Crippen LogP contribution in [0, 0.1) is 5.92 Å². The van der Waals surface area contributed by atoms with Gasteiger partial charge in [0, 0.05) is 16.9 Å². The Morgan fingerprint density at radius 1 is 1.28 bits per heavy atom. The minimum Gasteiger partial charge on any atom is -0.356 e. The van der Waals surface area contributed by atoms with Gasteiger partial charge in [0.25, 0.3) is 0 Å². The van der Waals surface area contributed by atoms with E-state index < -0.39 is 0 Å². The SMILES string of the molecule is O=C(Cc1ccc(Cl)cc1)NCC1CCC(Cl)C1. The Bertz CT molecular complexity index is 405. The maximum Gasteiger partial charge on any atom is 0.224 e. The van der Waals surface area contributed by atoms with Crippen LogP contribution in [0.2, 0.25) is 5.02 Å². The Kier molecular flexibility index (Phi) is 4.90. The van der Waals surface area contributed by atoms with E-state index in [0.717, 1.165) is 31.4 Å². The van der Waals surface area contributed by atoms with Gasteiger partial charge in [-0.25, -0.2) is 0 Å². The van der Waals surface area contributed by atoms with Crippen LogP contribution in [0.25, 0.3) is 0 Å². The summed E-state index contributed by atoms with van der Waals surface area (Å²) in [5.74, 6) is 0.608. The van der Waals surface area contributed by atoms with Gasteiger partial charge in [0.15, 0.2) is 0 Å². The van der Waals surface area contributed by atoms with Crippen molar-refractivity contribution in [3.05, 3.63) is 34.9 Å². The van der Waals surface area contributed by atoms with Crippen molar-refractivity contribution >= 4 is 29.1 Å². The third-order valence-corrected chi connectivity index (χ3v) is 3.99. The summed E-state index contributed by atoms with van der Waals surface area (Å²) in [5, 5.41) is 3.97. The second-order valence-corrected chi connectivity index (χ2v) is 5.94. The highest BCUT2D eigenvalue weighted by atomic mass is 35.5. The summed E-state index contributed by atoms with van der Waals surface area (Å²) in [6.07, 6.45) is 3.62. The van der Waals surface area contributed by atoms with Crippen LogP contribution in [-0.2, 0) is 11.2 Å². The molecule has 18 heavy (non-hydrogen) atoms. The molecule has 2 unspecified atom stereocenters. The van der Waals surface area contributed by atoms with E-state index in [9.17, 15) is 4.79 Å². The fourth-order valence-corrected chi connectivity index (χ4v) is 2.81. The number of benzene rings is 1. The molecule has 1 aliphatic rings. The number of carbonyl (C=O) groups is 1. The Labute approximate surface area is 118 Å². The molecule has 2 atom stereocenters. The van der Waals surface area contributed by atoms with Crippen molar-refractivity contribution in [2.75, 3.05) is 6.54 Å². The lowest BCUT2D eigenvalue weighted by Crippen LogP contribution is -2.29. The number of alkyl halides is 1. The fourth-order valence-electron chi connectivity index (χ4n) is 2.31. The summed E-state index contributed by atoms with van der Waals surface area (Å²) < 4.78 is 0. The Morgan fingerprint density at radius 3 is 2.61 bits per heavy atom. The fraction of sp³-hybridized carbons (Fsp3) is 0.500. The van der Waals surface area contributed by atoms with Crippen LogP contribution in [-0.4, -0.2) is 17.8 Å². The maximum absolute atomic E-state index is 11.8. The molecule has 1 amide bonds. The topological polar surface area (TPSA) is 29.1 Å². The second-order valence-electron chi connectivity index (χ2n) is 4.88. The Hall–Kier alpha value is -0.730. The summed E-state index contributed by atoms with van der Waals surface area (Å²) in [4.78, 5) is 11.8. The van der Waals surface area contributed by atoms with Crippen LogP contribution in [0.15, 0.2) is 24.3 Å². The number of hydrogen-bond donors (Lipinski definition) is 1. The Morgan fingerprint density at radius 2 is 2.00 bits per heavy atom. The van der Waals surface area contributed by atoms with Crippen LogP contribution < -0.4 is 5.32 Å². The van der Waals surface area contributed by atoms with E-state index in [0.29, 0.717) is 22.7 Å². The number of rotatable bonds is 4. The van der Waals surface area contributed by atoms with Crippen molar-refractivity contribution in [1.82, 2.24) is 5.32 Å². The minimum atomic E-state index is 0.0651. The third-order valence-electron chi connectivity index (χ3n) is 3.34. The molecule has 0 bridgehead atoms. The summed E-state index contributed by atoms with van der Waals surface area (Å²) in [7, 11) is 0. The van der Waals surface area contributed by atoms with Gasteiger partial charge in [-0.2, -0.15) is 0 Å². The summed E-state index contributed by atoms with van der Waals surface area (Å²) in [6.45, 7) is 0.746. The number of nitrogens with one attached hydrogen (secondary N) is 1. The molecular formula is C14H17Cl2NO. The summed E-state index contributed by atoms with van der Waals surface area (Å²) >= 11 is 11.8. The van der Waals surface area contributed by atoms with Gasteiger partial charge < -0.3 is 5.32 Å². The lowest BCUT2D eigenvalue weighted by atomic mass is 10.1. The van der Waals surface area contributed by atoms with E-state index in [1.165, 1.54) is 0 Å². The summed E-state index contributed by atoms with van der Waals surface area (Å²) in [6, 6.07) is 7.37. The van der Waals surface area contributed by atoms with Crippen LogP contribution >= 0.6 is 23.2 Å². The predicted octanol–water partition coefficient (Wildman–Crippen LogP) is 3.41. The van der Waals surface area contributed by atoms with E-state index in [2.05, 4.69) is 5.32 Å². The first kappa shape index (κ1) is 13.7. The van der Waals surface area contributed by atoms with E-state index in [1.807, 2.05) is 12.1 Å². The summed E-state index contributed by atoms with van der Waals surface area (Å²) in [5.41, 5.74) is 0.985. The van der Waals surface area contributed by atoms with Crippen LogP contribution in [0.3, 0.4) is 0 Å². The van der Waals surface area contributed by atoms with E-state index in [4.69, 9.17) is 23.2 Å². The highest BCUT2D eigenvalue weighted by Crippen LogP contribution is 2.28. The zero-order valence-electron chi connectivity index (χ0n) is 10.2. The molecule has 1 aliphatic carbocycles. The van der Waals surface area contributed by atoms with Gasteiger partial charge in [-0.15, -0.1) is 11.6 Å². The van der Waals surface area contributed by atoms with Crippen molar-refractivity contribution < 1.29 is 4.79 Å². The first-order valence-corrected chi connectivity index (χ1v) is 7.10. The zero-order valence-corrected chi connectivity index (χ0v) is 11.7. The van der Waals surface area contributed by atoms with E-state index in [-0.39, 0.29) is 5.91 Å². The molecule has 0 radical (unpaired) electrons. The molecule has 2 rings (SSSR count). The average molecular weight is 286 g/mol. The van der Waals surface area contributed by atoms with Crippen LogP contribution in [0.5, 0.6) is 0 Å². The standard InChI is InChI=1S/C14H17Cl2NO/c15-12-4-1-10(2-5-12)8-14(18)17-9-11-3-6-13(16)7-11/h1-2,4-5,11,13H,3,6-9H2,(H,17,18). The normalized spacial score (nSPS) is 23.0. The molecule has 0 heterocycles. The van der Waals surface area contributed by atoms with Crippen molar-refractivity contribution in [2.45, 2.75) is 31.1 Å². The number of halogens is 2. The molecule has 0 aromatic heterocycles. The van der Waals surface area contributed by atoms with Crippen molar-refractivity contribution in [3.63, 3.8) is 0 Å². The molecule has 2 nitrogen and oxygen atoms in total. The van der Waals surface area contributed by atoms with Gasteiger partial charge in [-0.1, -0.05) is 23.7 Å². The average Bonchev–Trinajstić information content (AvgIpc) is 2.76. The lowest BCUT2D eigenvalue weighted by Gasteiger charge is -2.10. The predicted molar refractivity (Wildman–Crippen MR) is 75.1 cm³/mol. The first-order chi connectivity index (χ1) is 8.63. The molecule has 98 valence electrons. The van der Waals surface area contributed by atoms with Crippen LogP contribution in [0.4, 0.5) is 0 Å². The second kappa shape index (κ2) is 6.44. The van der Waals surface area contributed by atoms with Crippen molar-refractivity contribution in [2.24, 2.45) is 5.92 Å². The van der Waals surface area contributed by atoms with E-state index in [1.54, 1.807) is 12.1 Å². The van der Waals surface area contributed by atoms with Gasteiger partial charge >= 0.3 is 0 Å². The lowest BCUT2D eigenvalue weighted by molar-refractivity contribution is -0.120. The van der Waals surface area contributed by atoms with Gasteiger partial charge in [-0.3, -0.25) is 4.79 Å². The number of amides is 1. The minimum absolute atomic E-state index is 0.0651. The third kappa shape index (κ3) is 4.18. The monoisotopic (exact) mass is 285 g/mol. The molecule has 0 saturated heterocycles. The van der Waals surface area contributed by atoms with Crippen LogP contribution in [0.1, 0.15) is 24.8 Å². The molecule has 4 heteroatoms. The first-order valence-electron chi connectivity index (χ1n) is 6.28. The molecule has 0 aliphatic heterocycles. The maximum atomic E-state index is 11.8. The largest absolute Gasteiger partial charge is 0.356 e. The van der Waals surface area contributed by atoms with Gasteiger partial charge in [0.2, 0.25) is 5.91 Å². The quantitative estimate of drug-likeness (QED) is 0.844. The smallest absolute Gasteiger partial charge is 0.224 e. The Balaban J connectivity index is 1.73. The molecular weight excluding hydrogens is 269 g/mol. The number of hydrogen-bond acceptors (Lipinski definition) is 1. The molecule has 1 saturated carbocycles. The molecule has 0 spiro atoms. The van der Waals surface area contributed by atoms with Crippen molar-refractivity contribution in [3.8, 4) is 0 Å². The molecule has 1 fully saturated rings. The highest BCUT2D eigenvalue weighted by Gasteiger charge is 2.22. The molecule has 1 aromatic carbocycles. The zero-order chi connectivity index (χ0) is 13.0.